The Labute approximate surface area is 75.7 Å². The maximum Gasteiger partial charge on any atom is 0.0707 e. The van der Waals surface area contributed by atoms with Gasteiger partial charge >= 0.3 is 0 Å². The minimum atomic E-state index is 0.127. The zero-order chi connectivity index (χ0) is 9.19. The van der Waals surface area contributed by atoms with Gasteiger partial charge < -0.3 is 10.1 Å². The molecule has 72 valence electrons. The lowest BCUT2D eigenvalue weighted by atomic mass is 9.90. The molecule has 1 aliphatic heterocycles. The van der Waals surface area contributed by atoms with E-state index in [0.717, 1.165) is 6.54 Å². The Morgan fingerprint density at radius 3 is 2.67 bits per heavy atom. The van der Waals surface area contributed by atoms with Gasteiger partial charge in [0.05, 0.1) is 11.7 Å². The van der Waals surface area contributed by atoms with Crippen molar-refractivity contribution in [3.8, 4) is 0 Å². The Morgan fingerprint density at radius 2 is 2.25 bits per heavy atom. The van der Waals surface area contributed by atoms with Crippen LogP contribution in [0.2, 0.25) is 0 Å². The summed E-state index contributed by atoms with van der Waals surface area (Å²) in [6.07, 6.45) is 2.84. The van der Waals surface area contributed by atoms with Gasteiger partial charge in [-0.25, -0.2) is 0 Å². The standard InChI is InChI=1S/C10H21NO/c1-8(2)10(3)6-5-9(12-10)7-11-4/h8-9,11H,5-7H2,1-4H3. The summed E-state index contributed by atoms with van der Waals surface area (Å²) in [5, 5.41) is 3.16. The van der Waals surface area contributed by atoms with Crippen molar-refractivity contribution in [3.63, 3.8) is 0 Å². The fraction of sp³-hybridized carbons (Fsp3) is 1.00. The van der Waals surface area contributed by atoms with Crippen LogP contribution in [-0.2, 0) is 4.74 Å². The SMILES string of the molecule is CNCC1CCC(C)(C(C)C)O1. The topological polar surface area (TPSA) is 21.3 Å². The van der Waals surface area contributed by atoms with Gasteiger partial charge in [0, 0.05) is 6.54 Å². The molecule has 0 spiro atoms. The molecule has 0 aromatic heterocycles. The van der Waals surface area contributed by atoms with Crippen molar-refractivity contribution in [3.05, 3.63) is 0 Å². The number of rotatable bonds is 3. The van der Waals surface area contributed by atoms with Gasteiger partial charge in [-0.15, -0.1) is 0 Å². The zero-order valence-corrected chi connectivity index (χ0v) is 8.68. The van der Waals surface area contributed by atoms with Crippen LogP contribution in [-0.4, -0.2) is 25.3 Å². The Morgan fingerprint density at radius 1 is 1.58 bits per heavy atom. The average molecular weight is 171 g/mol. The van der Waals surface area contributed by atoms with Gasteiger partial charge in [0.25, 0.3) is 0 Å². The van der Waals surface area contributed by atoms with Gasteiger partial charge in [0.15, 0.2) is 0 Å². The molecule has 1 heterocycles. The molecule has 0 aromatic rings. The largest absolute Gasteiger partial charge is 0.370 e. The first-order valence-electron chi connectivity index (χ1n) is 4.91. The molecule has 0 radical (unpaired) electrons. The lowest BCUT2D eigenvalue weighted by Gasteiger charge is -2.29. The quantitative estimate of drug-likeness (QED) is 0.699. The fourth-order valence-corrected chi connectivity index (χ4v) is 1.74. The molecule has 0 amide bonds. The Balaban J connectivity index is 2.43. The first-order chi connectivity index (χ1) is 5.58. The van der Waals surface area contributed by atoms with E-state index in [-0.39, 0.29) is 5.60 Å². The summed E-state index contributed by atoms with van der Waals surface area (Å²) in [6, 6.07) is 0. The van der Waals surface area contributed by atoms with Crippen molar-refractivity contribution >= 4 is 0 Å². The molecule has 1 aliphatic rings. The van der Waals surface area contributed by atoms with Gasteiger partial charge in [-0.3, -0.25) is 0 Å². The second-order valence-corrected chi connectivity index (χ2v) is 4.30. The molecule has 12 heavy (non-hydrogen) atoms. The molecule has 2 nitrogen and oxygen atoms in total. The Kier molecular flexibility index (Phi) is 3.13. The maximum absolute atomic E-state index is 5.99. The molecule has 1 saturated heterocycles. The van der Waals surface area contributed by atoms with Crippen molar-refractivity contribution in [2.75, 3.05) is 13.6 Å². The van der Waals surface area contributed by atoms with E-state index in [9.17, 15) is 0 Å². The van der Waals surface area contributed by atoms with E-state index >= 15 is 0 Å². The minimum Gasteiger partial charge on any atom is -0.370 e. The van der Waals surface area contributed by atoms with Gasteiger partial charge in [-0.1, -0.05) is 13.8 Å². The summed E-state index contributed by atoms with van der Waals surface area (Å²) in [7, 11) is 1.98. The van der Waals surface area contributed by atoms with Crippen molar-refractivity contribution in [1.82, 2.24) is 5.32 Å². The van der Waals surface area contributed by atoms with E-state index in [4.69, 9.17) is 4.74 Å². The molecule has 0 saturated carbocycles. The van der Waals surface area contributed by atoms with Crippen LogP contribution in [0.4, 0.5) is 0 Å². The lowest BCUT2D eigenvalue weighted by molar-refractivity contribution is -0.0564. The monoisotopic (exact) mass is 171 g/mol. The molecule has 1 fully saturated rings. The smallest absolute Gasteiger partial charge is 0.0707 e. The maximum atomic E-state index is 5.99. The summed E-state index contributed by atoms with van der Waals surface area (Å²) >= 11 is 0. The highest BCUT2D eigenvalue weighted by molar-refractivity contribution is 4.87. The molecule has 2 atom stereocenters. The van der Waals surface area contributed by atoms with Gasteiger partial charge in [-0.2, -0.15) is 0 Å². The van der Waals surface area contributed by atoms with Crippen LogP contribution in [0.15, 0.2) is 0 Å². The number of hydrogen-bond acceptors (Lipinski definition) is 2. The molecular formula is C10H21NO. The van der Waals surface area contributed by atoms with Crippen molar-refractivity contribution in [1.29, 1.82) is 0 Å². The van der Waals surface area contributed by atoms with E-state index in [0.29, 0.717) is 12.0 Å². The summed E-state index contributed by atoms with van der Waals surface area (Å²) < 4.78 is 5.99. The second-order valence-electron chi connectivity index (χ2n) is 4.30. The molecule has 1 N–H and O–H groups in total. The Hall–Kier alpha value is -0.0800. The van der Waals surface area contributed by atoms with Crippen molar-refractivity contribution < 1.29 is 4.74 Å². The van der Waals surface area contributed by atoms with E-state index in [1.807, 2.05) is 7.05 Å². The molecule has 2 heteroatoms. The molecule has 1 rings (SSSR count). The zero-order valence-electron chi connectivity index (χ0n) is 8.68. The normalized spacial score (nSPS) is 36.2. The highest BCUT2D eigenvalue weighted by Gasteiger charge is 2.37. The van der Waals surface area contributed by atoms with Gasteiger partial charge in [-0.05, 0) is 32.7 Å². The van der Waals surface area contributed by atoms with Crippen LogP contribution in [0.1, 0.15) is 33.6 Å². The highest BCUT2D eigenvalue weighted by atomic mass is 16.5. The number of hydrogen-bond donors (Lipinski definition) is 1. The highest BCUT2D eigenvalue weighted by Crippen LogP contribution is 2.35. The first kappa shape index (κ1) is 10.0. The molecule has 0 bridgehead atoms. The first-order valence-corrected chi connectivity index (χ1v) is 4.91. The van der Waals surface area contributed by atoms with Crippen LogP contribution < -0.4 is 5.32 Å². The summed E-state index contributed by atoms with van der Waals surface area (Å²) in [6.45, 7) is 7.69. The predicted octanol–water partition coefficient (Wildman–Crippen LogP) is 1.80. The molecule has 0 aliphatic carbocycles. The Bertz CT molecular complexity index is 147. The van der Waals surface area contributed by atoms with Crippen molar-refractivity contribution in [2.24, 2.45) is 5.92 Å². The van der Waals surface area contributed by atoms with Crippen molar-refractivity contribution in [2.45, 2.75) is 45.3 Å². The summed E-state index contributed by atoms with van der Waals surface area (Å²) in [4.78, 5) is 0. The van der Waals surface area contributed by atoms with Crippen LogP contribution in [0, 0.1) is 5.92 Å². The number of nitrogens with one attached hydrogen (secondary N) is 1. The van der Waals surface area contributed by atoms with E-state index in [1.165, 1.54) is 12.8 Å². The molecular weight excluding hydrogens is 150 g/mol. The summed E-state index contributed by atoms with van der Waals surface area (Å²) in [5.74, 6) is 0.624. The van der Waals surface area contributed by atoms with E-state index in [1.54, 1.807) is 0 Å². The van der Waals surface area contributed by atoms with E-state index in [2.05, 4.69) is 26.1 Å². The van der Waals surface area contributed by atoms with Gasteiger partial charge in [0.2, 0.25) is 0 Å². The van der Waals surface area contributed by atoms with E-state index < -0.39 is 0 Å². The van der Waals surface area contributed by atoms with Gasteiger partial charge in [0.1, 0.15) is 0 Å². The second kappa shape index (κ2) is 3.75. The van der Waals surface area contributed by atoms with Crippen LogP contribution in [0.3, 0.4) is 0 Å². The van der Waals surface area contributed by atoms with Crippen LogP contribution in [0.25, 0.3) is 0 Å². The third-order valence-electron chi connectivity index (χ3n) is 3.05. The third kappa shape index (κ3) is 1.99. The molecule has 2 unspecified atom stereocenters. The number of likely N-dealkylation sites (N-methyl/N-ethyl adjacent to an activating group) is 1. The lowest BCUT2D eigenvalue weighted by Crippen LogP contribution is -2.33. The fourth-order valence-electron chi connectivity index (χ4n) is 1.74. The minimum absolute atomic E-state index is 0.127. The van der Waals surface area contributed by atoms with Crippen LogP contribution in [0.5, 0.6) is 0 Å². The average Bonchev–Trinajstić information content (AvgIpc) is 2.34. The third-order valence-corrected chi connectivity index (χ3v) is 3.05. The molecule has 0 aromatic carbocycles. The summed E-state index contributed by atoms with van der Waals surface area (Å²) in [5.41, 5.74) is 0.127. The van der Waals surface area contributed by atoms with Crippen LogP contribution >= 0.6 is 0 Å². The predicted molar refractivity (Wildman–Crippen MR) is 51.3 cm³/mol. The number of ether oxygens (including phenoxy) is 1.